The predicted octanol–water partition coefficient (Wildman–Crippen LogP) is 13.2. The topological polar surface area (TPSA) is 63.6 Å². The number of carboxylic acid groups (broad SMARTS) is 1. The molecule has 0 aliphatic heterocycles. The van der Waals surface area contributed by atoms with Crippen molar-refractivity contribution in [3.05, 3.63) is 24.3 Å². The molecule has 0 aromatic rings. The Balaban J connectivity index is 3.65. The van der Waals surface area contributed by atoms with Crippen LogP contribution in [0.5, 0.6) is 0 Å². The summed E-state index contributed by atoms with van der Waals surface area (Å²) in [7, 11) is 0. The quantitative estimate of drug-likeness (QED) is 0.0436. The van der Waals surface area contributed by atoms with E-state index < -0.39 is 12.1 Å². The molecule has 0 aromatic heterocycles. The lowest BCUT2D eigenvalue weighted by atomic mass is 10.0. The molecule has 0 amide bonds. The van der Waals surface area contributed by atoms with Crippen molar-refractivity contribution in [3.63, 3.8) is 0 Å². The zero-order valence-electron chi connectivity index (χ0n) is 29.5. The van der Waals surface area contributed by atoms with Crippen LogP contribution in [0.3, 0.4) is 0 Å². The van der Waals surface area contributed by atoms with Crippen molar-refractivity contribution in [2.75, 3.05) is 0 Å². The average molecular weight is 619 g/mol. The molecule has 0 radical (unpaired) electrons. The third-order valence-corrected chi connectivity index (χ3v) is 8.66. The van der Waals surface area contributed by atoms with E-state index in [2.05, 4.69) is 38.2 Å². The maximum atomic E-state index is 12.3. The van der Waals surface area contributed by atoms with E-state index in [1.807, 2.05) is 0 Å². The minimum atomic E-state index is -0.881. The summed E-state index contributed by atoms with van der Waals surface area (Å²) in [5, 5.41) is 9.26. The molecule has 0 fully saturated rings. The number of allylic oxidation sites excluding steroid dienone is 4. The summed E-state index contributed by atoms with van der Waals surface area (Å²) in [6.07, 6.45) is 44.8. The Hall–Kier alpha value is -1.58. The van der Waals surface area contributed by atoms with Crippen LogP contribution in [-0.2, 0) is 14.3 Å². The van der Waals surface area contributed by atoms with E-state index >= 15 is 0 Å². The fourth-order valence-corrected chi connectivity index (χ4v) is 5.82. The van der Waals surface area contributed by atoms with Crippen LogP contribution in [0.25, 0.3) is 0 Å². The molecule has 0 aliphatic carbocycles. The average Bonchev–Trinajstić information content (AvgIpc) is 3.00. The van der Waals surface area contributed by atoms with Gasteiger partial charge in [0.15, 0.2) is 0 Å². The molecule has 1 N–H and O–H groups in total. The van der Waals surface area contributed by atoms with Crippen molar-refractivity contribution in [3.8, 4) is 0 Å². The summed E-state index contributed by atoms with van der Waals surface area (Å²) < 4.78 is 5.58. The zero-order valence-corrected chi connectivity index (χ0v) is 29.5. The molecule has 0 bridgehead atoms. The van der Waals surface area contributed by atoms with Gasteiger partial charge in [0.2, 0.25) is 0 Å². The number of esters is 1. The minimum absolute atomic E-state index is 0.0741. The summed E-state index contributed by atoms with van der Waals surface area (Å²) in [6, 6.07) is 0. The fourth-order valence-electron chi connectivity index (χ4n) is 5.82. The second-order valence-corrected chi connectivity index (χ2v) is 13.1. The van der Waals surface area contributed by atoms with E-state index in [-0.39, 0.29) is 12.4 Å². The smallest absolute Gasteiger partial charge is 0.307 e. The van der Waals surface area contributed by atoms with Crippen molar-refractivity contribution in [1.82, 2.24) is 0 Å². The van der Waals surface area contributed by atoms with Gasteiger partial charge in [-0.3, -0.25) is 9.59 Å². The molecule has 4 nitrogen and oxygen atoms in total. The Kier molecular flexibility index (Phi) is 34.6. The zero-order chi connectivity index (χ0) is 32.2. The summed E-state index contributed by atoms with van der Waals surface area (Å²) in [5.74, 6) is -1.10. The SMILES string of the molecule is CCCCC/C=C\C/C=C\CCCCCCCCCC(=O)OC(CCCCCCCCCCCCCCCCC)CC(=O)O. The highest BCUT2D eigenvalue weighted by molar-refractivity contribution is 5.71. The van der Waals surface area contributed by atoms with Gasteiger partial charge in [0.25, 0.3) is 0 Å². The van der Waals surface area contributed by atoms with Crippen LogP contribution in [0.1, 0.15) is 213 Å². The van der Waals surface area contributed by atoms with Gasteiger partial charge in [-0.1, -0.05) is 173 Å². The van der Waals surface area contributed by atoms with Crippen LogP contribution in [0.15, 0.2) is 24.3 Å². The number of hydrogen-bond donors (Lipinski definition) is 1. The van der Waals surface area contributed by atoms with Gasteiger partial charge in [-0.2, -0.15) is 0 Å². The summed E-state index contributed by atoms with van der Waals surface area (Å²) in [5.41, 5.74) is 0. The van der Waals surface area contributed by atoms with Crippen LogP contribution in [0, 0.1) is 0 Å². The molecular formula is C40H74O4. The van der Waals surface area contributed by atoms with Gasteiger partial charge in [-0.25, -0.2) is 0 Å². The van der Waals surface area contributed by atoms with Crippen LogP contribution in [0.4, 0.5) is 0 Å². The molecule has 0 saturated heterocycles. The summed E-state index contributed by atoms with van der Waals surface area (Å²) >= 11 is 0. The third-order valence-electron chi connectivity index (χ3n) is 8.66. The summed E-state index contributed by atoms with van der Waals surface area (Å²) in [6.45, 7) is 4.52. The first-order chi connectivity index (χ1) is 21.6. The molecule has 0 saturated carbocycles. The van der Waals surface area contributed by atoms with Gasteiger partial charge in [0.05, 0.1) is 6.42 Å². The molecule has 0 spiro atoms. The number of carboxylic acids is 1. The lowest BCUT2D eigenvalue weighted by molar-refractivity contribution is -0.153. The lowest BCUT2D eigenvalue weighted by Gasteiger charge is -2.16. The minimum Gasteiger partial charge on any atom is -0.481 e. The Morgan fingerprint density at radius 1 is 0.523 bits per heavy atom. The van der Waals surface area contributed by atoms with Gasteiger partial charge in [-0.15, -0.1) is 0 Å². The number of ether oxygens (including phenoxy) is 1. The molecule has 0 rings (SSSR count). The van der Waals surface area contributed by atoms with E-state index in [0.29, 0.717) is 12.8 Å². The third kappa shape index (κ3) is 34.9. The number of aliphatic carboxylic acids is 1. The molecule has 44 heavy (non-hydrogen) atoms. The van der Waals surface area contributed by atoms with Crippen molar-refractivity contribution in [2.24, 2.45) is 0 Å². The molecule has 0 aromatic carbocycles. The van der Waals surface area contributed by atoms with Gasteiger partial charge < -0.3 is 9.84 Å². The highest BCUT2D eigenvalue weighted by Gasteiger charge is 2.17. The maximum Gasteiger partial charge on any atom is 0.307 e. The van der Waals surface area contributed by atoms with Crippen LogP contribution >= 0.6 is 0 Å². The Morgan fingerprint density at radius 2 is 0.909 bits per heavy atom. The second kappa shape index (κ2) is 35.9. The van der Waals surface area contributed by atoms with E-state index in [1.165, 1.54) is 141 Å². The fraction of sp³-hybridized carbons (Fsp3) is 0.850. The molecular weight excluding hydrogens is 544 g/mol. The Morgan fingerprint density at radius 3 is 1.39 bits per heavy atom. The van der Waals surface area contributed by atoms with Crippen molar-refractivity contribution in [1.29, 1.82) is 0 Å². The van der Waals surface area contributed by atoms with Crippen molar-refractivity contribution in [2.45, 2.75) is 219 Å². The van der Waals surface area contributed by atoms with Gasteiger partial charge >= 0.3 is 11.9 Å². The first-order valence-electron chi connectivity index (χ1n) is 19.3. The molecule has 1 unspecified atom stereocenters. The number of carbonyl (C=O) groups excluding carboxylic acids is 1. The van der Waals surface area contributed by atoms with E-state index in [1.54, 1.807) is 0 Å². The number of rotatable bonds is 35. The van der Waals surface area contributed by atoms with E-state index in [0.717, 1.165) is 38.5 Å². The number of carbonyl (C=O) groups is 2. The first kappa shape index (κ1) is 42.4. The molecule has 0 heterocycles. The number of hydrogen-bond acceptors (Lipinski definition) is 3. The van der Waals surface area contributed by atoms with Gasteiger partial charge in [0, 0.05) is 6.42 Å². The first-order valence-corrected chi connectivity index (χ1v) is 19.3. The normalized spacial score (nSPS) is 12.4. The Bertz CT molecular complexity index is 668. The highest BCUT2D eigenvalue weighted by atomic mass is 16.5. The second-order valence-electron chi connectivity index (χ2n) is 13.1. The van der Waals surface area contributed by atoms with Crippen LogP contribution in [-0.4, -0.2) is 23.1 Å². The maximum absolute atomic E-state index is 12.3. The van der Waals surface area contributed by atoms with Crippen molar-refractivity contribution < 1.29 is 19.4 Å². The van der Waals surface area contributed by atoms with E-state index in [9.17, 15) is 14.7 Å². The Labute approximate surface area is 274 Å². The molecule has 1 atom stereocenters. The van der Waals surface area contributed by atoms with Gasteiger partial charge in [0.1, 0.15) is 6.10 Å². The number of unbranched alkanes of at least 4 members (excludes halogenated alkanes) is 24. The lowest BCUT2D eigenvalue weighted by Crippen LogP contribution is -2.21. The van der Waals surface area contributed by atoms with Gasteiger partial charge in [-0.05, 0) is 51.4 Å². The standard InChI is InChI=1S/C40H74O4/c1-3-5-7-9-11-13-15-17-19-20-22-24-26-28-30-32-34-36-40(43)44-38(37-39(41)42)35-33-31-29-27-25-23-21-18-16-14-12-10-8-6-4-2/h11,13,17,19,38H,3-10,12,14-16,18,20-37H2,1-2H3,(H,41,42)/b13-11-,19-17-. The highest BCUT2D eigenvalue weighted by Crippen LogP contribution is 2.17. The molecule has 258 valence electrons. The molecule has 0 aliphatic rings. The summed E-state index contributed by atoms with van der Waals surface area (Å²) in [4.78, 5) is 23.6. The monoisotopic (exact) mass is 619 g/mol. The van der Waals surface area contributed by atoms with Crippen LogP contribution in [0.2, 0.25) is 0 Å². The largest absolute Gasteiger partial charge is 0.481 e. The molecule has 4 heteroatoms. The van der Waals surface area contributed by atoms with Crippen LogP contribution < -0.4 is 0 Å². The van der Waals surface area contributed by atoms with Crippen molar-refractivity contribution >= 4 is 11.9 Å². The predicted molar refractivity (Wildman–Crippen MR) is 190 cm³/mol. The van der Waals surface area contributed by atoms with E-state index in [4.69, 9.17) is 4.74 Å².